The Bertz CT molecular complexity index is 416. The highest BCUT2D eigenvalue weighted by molar-refractivity contribution is 9.10. The molecule has 1 aromatic rings. The molecule has 18 heavy (non-hydrogen) atoms. The first-order valence-corrected chi connectivity index (χ1v) is 6.94. The summed E-state index contributed by atoms with van der Waals surface area (Å²) in [6, 6.07) is 8.93. The van der Waals surface area contributed by atoms with Crippen molar-refractivity contribution in [2.24, 2.45) is 4.99 Å². The van der Waals surface area contributed by atoms with Crippen molar-refractivity contribution in [3.05, 3.63) is 28.7 Å². The number of guanidine groups is 1. The molecule has 0 radical (unpaired) electrons. The standard InChI is InChI=1S/C13H19BrN4/c1-15-13(16-2)17-11-7-8-18(9-11)12-5-3-10(14)4-6-12/h3-6,11H,7-9H2,1-2H3,(H2,15,16,17)/t11-/m1/s1. The largest absolute Gasteiger partial charge is 0.369 e. The second-order valence-electron chi connectivity index (χ2n) is 4.37. The van der Waals surface area contributed by atoms with Crippen LogP contribution in [0, 0.1) is 0 Å². The van der Waals surface area contributed by atoms with E-state index in [1.165, 1.54) is 5.69 Å². The first kappa shape index (κ1) is 13.2. The van der Waals surface area contributed by atoms with Gasteiger partial charge in [0, 0.05) is 43.4 Å². The predicted octanol–water partition coefficient (Wildman–Crippen LogP) is 1.82. The summed E-state index contributed by atoms with van der Waals surface area (Å²) in [6.45, 7) is 2.10. The molecule has 5 heteroatoms. The summed E-state index contributed by atoms with van der Waals surface area (Å²) >= 11 is 3.46. The van der Waals surface area contributed by atoms with Crippen molar-refractivity contribution in [1.82, 2.24) is 10.6 Å². The van der Waals surface area contributed by atoms with Gasteiger partial charge in [-0.05, 0) is 30.7 Å². The molecule has 2 N–H and O–H groups in total. The van der Waals surface area contributed by atoms with E-state index in [1.54, 1.807) is 7.05 Å². The monoisotopic (exact) mass is 310 g/mol. The van der Waals surface area contributed by atoms with E-state index in [-0.39, 0.29) is 0 Å². The van der Waals surface area contributed by atoms with Crippen LogP contribution in [0.3, 0.4) is 0 Å². The molecule has 1 fully saturated rings. The van der Waals surface area contributed by atoms with Crippen molar-refractivity contribution in [2.45, 2.75) is 12.5 Å². The lowest BCUT2D eigenvalue weighted by Gasteiger charge is -2.20. The molecular formula is C13H19BrN4. The molecule has 0 spiro atoms. The van der Waals surface area contributed by atoms with Gasteiger partial charge >= 0.3 is 0 Å². The van der Waals surface area contributed by atoms with Gasteiger partial charge < -0.3 is 15.5 Å². The topological polar surface area (TPSA) is 39.7 Å². The number of rotatable bonds is 2. The molecule has 1 aliphatic heterocycles. The minimum Gasteiger partial charge on any atom is -0.369 e. The fraction of sp³-hybridized carbons (Fsp3) is 0.462. The number of aliphatic imine (C=N–C) groups is 1. The minimum absolute atomic E-state index is 0.458. The summed E-state index contributed by atoms with van der Waals surface area (Å²) < 4.78 is 1.12. The molecular weight excluding hydrogens is 292 g/mol. The average Bonchev–Trinajstić information content (AvgIpc) is 2.85. The summed E-state index contributed by atoms with van der Waals surface area (Å²) in [5, 5.41) is 6.47. The Morgan fingerprint density at radius 2 is 2.11 bits per heavy atom. The quantitative estimate of drug-likeness (QED) is 0.646. The molecule has 0 unspecified atom stereocenters. The van der Waals surface area contributed by atoms with Crippen molar-refractivity contribution in [3.8, 4) is 0 Å². The highest BCUT2D eigenvalue weighted by Crippen LogP contribution is 2.22. The summed E-state index contributed by atoms with van der Waals surface area (Å²) in [4.78, 5) is 6.54. The highest BCUT2D eigenvalue weighted by atomic mass is 79.9. The molecule has 1 heterocycles. The molecule has 0 amide bonds. The Hall–Kier alpha value is -1.23. The van der Waals surface area contributed by atoms with E-state index in [2.05, 4.69) is 60.7 Å². The SMILES string of the molecule is CN=C(NC)N[C@@H]1CCN(c2ccc(Br)cc2)C1. The van der Waals surface area contributed by atoms with Gasteiger partial charge in [-0.2, -0.15) is 0 Å². The molecule has 0 aromatic heterocycles. The van der Waals surface area contributed by atoms with Crippen LogP contribution in [0.25, 0.3) is 0 Å². The number of nitrogens with zero attached hydrogens (tertiary/aromatic N) is 2. The minimum atomic E-state index is 0.458. The van der Waals surface area contributed by atoms with Crippen LogP contribution < -0.4 is 15.5 Å². The average molecular weight is 311 g/mol. The van der Waals surface area contributed by atoms with Crippen molar-refractivity contribution in [1.29, 1.82) is 0 Å². The van der Waals surface area contributed by atoms with Crippen LogP contribution in [0.5, 0.6) is 0 Å². The van der Waals surface area contributed by atoms with Crippen molar-refractivity contribution in [2.75, 3.05) is 32.1 Å². The molecule has 0 bridgehead atoms. The van der Waals surface area contributed by atoms with Crippen molar-refractivity contribution in [3.63, 3.8) is 0 Å². The third-order valence-electron chi connectivity index (χ3n) is 3.18. The van der Waals surface area contributed by atoms with Gasteiger partial charge in [-0.15, -0.1) is 0 Å². The molecule has 1 aromatic carbocycles. The second-order valence-corrected chi connectivity index (χ2v) is 5.29. The normalized spacial score (nSPS) is 20.1. The van der Waals surface area contributed by atoms with E-state index in [4.69, 9.17) is 0 Å². The fourth-order valence-corrected chi connectivity index (χ4v) is 2.47. The van der Waals surface area contributed by atoms with Crippen LogP contribution in [0.15, 0.2) is 33.7 Å². The van der Waals surface area contributed by atoms with Gasteiger partial charge in [0.05, 0.1) is 0 Å². The van der Waals surface area contributed by atoms with Crippen LogP contribution in [0.1, 0.15) is 6.42 Å². The number of hydrogen-bond donors (Lipinski definition) is 2. The number of anilines is 1. The molecule has 0 saturated carbocycles. The van der Waals surface area contributed by atoms with Gasteiger partial charge in [-0.25, -0.2) is 0 Å². The van der Waals surface area contributed by atoms with Gasteiger partial charge in [0.15, 0.2) is 5.96 Å². The first-order chi connectivity index (χ1) is 8.72. The third kappa shape index (κ3) is 3.16. The van der Waals surface area contributed by atoms with Crippen LogP contribution in [0.4, 0.5) is 5.69 Å². The Morgan fingerprint density at radius 1 is 1.39 bits per heavy atom. The van der Waals surface area contributed by atoms with E-state index in [9.17, 15) is 0 Å². The number of hydrogen-bond acceptors (Lipinski definition) is 2. The molecule has 0 aliphatic carbocycles. The van der Waals surface area contributed by atoms with Crippen LogP contribution in [0.2, 0.25) is 0 Å². The summed E-state index contributed by atoms with van der Waals surface area (Å²) in [5.41, 5.74) is 1.28. The Balaban J connectivity index is 1.94. The molecule has 1 aliphatic rings. The maximum atomic E-state index is 4.15. The molecule has 1 atom stereocenters. The Labute approximate surface area is 117 Å². The van der Waals surface area contributed by atoms with Gasteiger partial charge in [0.1, 0.15) is 0 Å². The second kappa shape index (κ2) is 6.09. The number of halogens is 1. The van der Waals surface area contributed by atoms with Crippen molar-refractivity contribution >= 4 is 27.6 Å². The maximum absolute atomic E-state index is 4.15. The van der Waals surface area contributed by atoms with Crippen molar-refractivity contribution < 1.29 is 0 Å². The van der Waals surface area contributed by atoms with Crippen LogP contribution in [-0.2, 0) is 0 Å². The maximum Gasteiger partial charge on any atom is 0.190 e. The van der Waals surface area contributed by atoms with Gasteiger partial charge in [0.2, 0.25) is 0 Å². The van der Waals surface area contributed by atoms with E-state index in [0.29, 0.717) is 6.04 Å². The zero-order valence-electron chi connectivity index (χ0n) is 10.8. The fourth-order valence-electron chi connectivity index (χ4n) is 2.21. The lowest BCUT2D eigenvalue weighted by Crippen LogP contribution is -2.43. The molecule has 1 saturated heterocycles. The molecule has 4 nitrogen and oxygen atoms in total. The van der Waals surface area contributed by atoms with Gasteiger partial charge in [0.25, 0.3) is 0 Å². The van der Waals surface area contributed by atoms with Gasteiger partial charge in [-0.1, -0.05) is 15.9 Å². The zero-order chi connectivity index (χ0) is 13.0. The first-order valence-electron chi connectivity index (χ1n) is 6.14. The van der Waals surface area contributed by atoms with Crippen LogP contribution >= 0.6 is 15.9 Å². The smallest absolute Gasteiger partial charge is 0.190 e. The van der Waals surface area contributed by atoms with E-state index in [0.717, 1.165) is 29.9 Å². The Kier molecular flexibility index (Phi) is 4.47. The lowest BCUT2D eigenvalue weighted by molar-refractivity contribution is 0.657. The number of nitrogens with one attached hydrogen (secondary N) is 2. The summed E-state index contributed by atoms with van der Waals surface area (Å²) in [5.74, 6) is 0.859. The lowest BCUT2D eigenvalue weighted by atomic mass is 10.3. The predicted molar refractivity (Wildman–Crippen MR) is 80.3 cm³/mol. The summed E-state index contributed by atoms with van der Waals surface area (Å²) in [7, 11) is 3.68. The number of benzene rings is 1. The van der Waals surface area contributed by atoms with Gasteiger partial charge in [-0.3, -0.25) is 4.99 Å². The van der Waals surface area contributed by atoms with E-state index < -0.39 is 0 Å². The van der Waals surface area contributed by atoms with E-state index >= 15 is 0 Å². The Morgan fingerprint density at radius 3 is 2.72 bits per heavy atom. The zero-order valence-corrected chi connectivity index (χ0v) is 12.4. The molecule has 98 valence electrons. The highest BCUT2D eigenvalue weighted by Gasteiger charge is 2.23. The summed E-state index contributed by atoms with van der Waals surface area (Å²) in [6.07, 6.45) is 1.14. The third-order valence-corrected chi connectivity index (χ3v) is 3.71. The van der Waals surface area contributed by atoms with E-state index in [1.807, 2.05) is 7.05 Å². The molecule has 2 rings (SSSR count). The van der Waals surface area contributed by atoms with Crippen LogP contribution in [-0.4, -0.2) is 39.2 Å².